The molecule has 0 radical (unpaired) electrons. The molecule has 0 heterocycles. The van der Waals surface area contributed by atoms with Crippen molar-refractivity contribution in [2.24, 2.45) is 0 Å². The molecule has 1 fully saturated rings. The van der Waals surface area contributed by atoms with E-state index in [4.69, 9.17) is 0 Å². The van der Waals surface area contributed by atoms with Gasteiger partial charge in [-0.25, -0.2) is 0 Å². The van der Waals surface area contributed by atoms with Crippen molar-refractivity contribution in [1.29, 1.82) is 0 Å². The minimum absolute atomic E-state index is 0.155. The van der Waals surface area contributed by atoms with Crippen molar-refractivity contribution < 1.29 is 31.1 Å². The molecule has 1 atom stereocenters. The Balaban J connectivity index is 2.31. The molecule has 0 bridgehead atoms. The van der Waals surface area contributed by atoms with Crippen molar-refractivity contribution in [3.63, 3.8) is 0 Å². The van der Waals surface area contributed by atoms with Gasteiger partial charge in [0.2, 0.25) is 6.10 Å². The van der Waals surface area contributed by atoms with E-state index in [1.807, 2.05) is 0 Å². The van der Waals surface area contributed by atoms with Crippen molar-refractivity contribution in [1.82, 2.24) is 5.32 Å². The van der Waals surface area contributed by atoms with Gasteiger partial charge in [0.05, 0.1) is 6.10 Å². The van der Waals surface area contributed by atoms with Crippen LogP contribution in [0.15, 0.2) is 0 Å². The molecule has 1 aliphatic rings. The summed E-state index contributed by atoms with van der Waals surface area (Å²) < 4.78 is 77.5. The zero-order valence-electron chi connectivity index (χ0n) is 10.4. The van der Waals surface area contributed by atoms with Crippen LogP contribution in [0.5, 0.6) is 0 Å². The maximum Gasteiger partial charge on any atom is 0.423 e. The van der Waals surface area contributed by atoms with Gasteiger partial charge in [0.15, 0.2) is 0 Å². The SMILES string of the molecule is CC(CCCNC1CC1)OC(C(F)(F)F)C(F)(F)F. The van der Waals surface area contributed by atoms with Crippen LogP contribution in [0.2, 0.25) is 0 Å². The van der Waals surface area contributed by atoms with Crippen LogP contribution in [-0.4, -0.2) is 37.1 Å². The van der Waals surface area contributed by atoms with Gasteiger partial charge in [0.25, 0.3) is 0 Å². The molecule has 8 heteroatoms. The summed E-state index contributed by atoms with van der Waals surface area (Å²) in [6, 6.07) is 0.467. The Bertz CT molecular complexity index is 259. The van der Waals surface area contributed by atoms with Crippen molar-refractivity contribution >= 4 is 0 Å². The molecule has 1 saturated carbocycles. The van der Waals surface area contributed by atoms with Gasteiger partial charge in [0, 0.05) is 6.04 Å². The summed E-state index contributed by atoms with van der Waals surface area (Å²) in [6.07, 6.45) is -12.9. The summed E-state index contributed by atoms with van der Waals surface area (Å²) >= 11 is 0. The lowest BCUT2D eigenvalue weighted by Gasteiger charge is -2.26. The van der Waals surface area contributed by atoms with Gasteiger partial charge in [-0.05, 0) is 39.2 Å². The number of hydrogen-bond donors (Lipinski definition) is 1. The number of rotatable bonds is 7. The largest absolute Gasteiger partial charge is 0.423 e. The van der Waals surface area contributed by atoms with E-state index in [1.54, 1.807) is 0 Å². The van der Waals surface area contributed by atoms with Gasteiger partial charge in [0.1, 0.15) is 0 Å². The Morgan fingerprint density at radius 3 is 2.05 bits per heavy atom. The Hall–Kier alpha value is -0.500. The topological polar surface area (TPSA) is 21.3 Å². The molecule has 0 spiro atoms. The van der Waals surface area contributed by atoms with Crippen molar-refractivity contribution in [3.05, 3.63) is 0 Å². The molecule has 0 aliphatic heterocycles. The van der Waals surface area contributed by atoms with Crippen LogP contribution < -0.4 is 5.32 Å². The average molecular weight is 293 g/mol. The van der Waals surface area contributed by atoms with Crippen LogP contribution in [0.4, 0.5) is 26.3 Å². The second-order valence-corrected chi connectivity index (χ2v) is 4.78. The first-order valence-electron chi connectivity index (χ1n) is 6.13. The smallest absolute Gasteiger partial charge is 0.358 e. The molecule has 1 aliphatic carbocycles. The minimum Gasteiger partial charge on any atom is -0.358 e. The van der Waals surface area contributed by atoms with E-state index in [-0.39, 0.29) is 6.42 Å². The quantitative estimate of drug-likeness (QED) is 0.573. The second kappa shape index (κ2) is 6.30. The summed E-state index contributed by atoms with van der Waals surface area (Å²) in [5.74, 6) is 0. The fourth-order valence-electron chi connectivity index (χ4n) is 1.62. The van der Waals surface area contributed by atoms with Gasteiger partial charge in [-0.1, -0.05) is 0 Å². The van der Waals surface area contributed by atoms with Crippen LogP contribution in [0.3, 0.4) is 0 Å². The number of nitrogens with one attached hydrogen (secondary N) is 1. The van der Waals surface area contributed by atoms with Crippen molar-refractivity contribution in [3.8, 4) is 0 Å². The number of ether oxygens (including phenoxy) is 1. The maximum absolute atomic E-state index is 12.2. The third kappa shape index (κ3) is 6.47. The summed E-state index contributed by atoms with van der Waals surface area (Å²) in [5, 5.41) is 3.13. The predicted molar refractivity (Wildman–Crippen MR) is 56.7 cm³/mol. The first kappa shape index (κ1) is 16.6. The fourth-order valence-corrected chi connectivity index (χ4v) is 1.62. The Kier molecular flexibility index (Phi) is 5.49. The summed E-state index contributed by atoms with van der Waals surface area (Å²) in [5.41, 5.74) is 0. The summed E-state index contributed by atoms with van der Waals surface area (Å²) in [7, 11) is 0. The molecule has 0 amide bonds. The molecule has 1 rings (SSSR count). The zero-order valence-corrected chi connectivity index (χ0v) is 10.4. The summed E-state index contributed by atoms with van der Waals surface area (Å²) in [6.45, 7) is 1.81. The highest BCUT2D eigenvalue weighted by molar-refractivity contribution is 4.81. The number of halogens is 6. The molecule has 1 N–H and O–H groups in total. The lowest BCUT2D eigenvalue weighted by Crippen LogP contribution is -2.46. The minimum atomic E-state index is -5.43. The Labute approximate surface area is 107 Å². The molecule has 1 unspecified atom stereocenters. The van der Waals surface area contributed by atoms with Gasteiger partial charge >= 0.3 is 12.4 Å². The van der Waals surface area contributed by atoms with E-state index in [1.165, 1.54) is 6.92 Å². The molecule has 19 heavy (non-hydrogen) atoms. The summed E-state index contributed by atoms with van der Waals surface area (Å²) in [4.78, 5) is 0. The normalized spacial score (nSPS) is 18.9. The Morgan fingerprint density at radius 2 is 1.63 bits per heavy atom. The van der Waals surface area contributed by atoms with Crippen LogP contribution in [0.25, 0.3) is 0 Å². The third-order valence-corrected chi connectivity index (χ3v) is 2.76. The van der Waals surface area contributed by atoms with Crippen LogP contribution in [0.1, 0.15) is 32.6 Å². The van der Waals surface area contributed by atoms with Crippen molar-refractivity contribution in [2.45, 2.75) is 63.2 Å². The van der Waals surface area contributed by atoms with E-state index in [0.717, 1.165) is 12.8 Å². The first-order chi connectivity index (χ1) is 8.60. The fraction of sp³-hybridized carbons (Fsp3) is 1.00. The molecule has 2 nitrogen and oxygen atoms in total. The number of alkyl halides is 6. The van der Waals surface area contributed by atoms with Gasteiger partial charge in [-0.15, -0.1) is 0 Å². The standard InChI is InChI=1S/C11H17F6NO/c1-7(3-2-6-18-8-4-5-8)19-9(10(12,13)14)11(15,16)17/h7-9,18H,2-6H2,1H3. The highest BCUT2D eigenvalue weighted by Gasteiger charge is 2.58. The molecule has 0 aromatic heterocycles. The highest BCUT2D eigenvalue weighted by atomic mass is 19.4. The van der Waals surface area contributed by atoms with Gasteiger partial charge in [-0.3, -0.25) is 0 Å². The first-order valence-corrected chi connectivity index (χ1v) is 6.13. The predicted octanol–water partition coefficient (Wildman–Crippen LogP) is 3.42. The highest BCUT2D eigenvalue weighted by Crippen LogP contribution is 2.36. The molecule has 114 valence electrons. The third-order valence-electron chi connectivity index (χ3n) is 2.76. The average Bonchev–Trinajstić information content (AvgIpc) is 3.01. The van der Waals surface area contributed by atoms with Crippen molar-refractivity contribution in [2.75, 3.05) is 6.54 Å². The molecule has 0 aromatic carbocycles. The van der Waals surface area contributed by atoms with Crippen LogP contribution >= 0.6 is 0 Å². The molecule has 0 aromatic rings. The molecular formula is C11H17F6NO. The van der Waals surface area contributed by atoms with E-state index in [0.29, 0.717) is 19.0 Å². The van der Waals surface area contributed by atoms with E-state index in [2.05, 4.69) is 10.1 Å². The van der Waals surface area contributed by atoms with Gasteiger partial charge in [-0.2, -0.15) is 26.3 Å². The molecular weight excluding hydrogens is 276 g/mol. The second-order valence-electron chi connectivity index (χ2n) is 4.78. The zero-order chi connectivity index (χ0) is 14.7. The van der Waals surface area contributed by atoms with Crippen LogP contribution in [-0.2, 0) is 4.74 Å². The van der Waals surface area contributed by atoms with E-state index >= 15 is 0 Å². The maximum atomic E-state index is 12.2. The lowest BCUT2D eigenvalue weighted by molar-refractivity contribution is -0.330. The molecule has 0 saturated heterocycles. The van der Waals surface area contributed by atoms with Crippen LogP contribution in [0, 0.1) is 0 Å². The lowest BCUT2D eigenvalue weighted by atomic mass is 10.2. The Morgan fingerprint density at radius 1 is 1.11 bits per heavy atom. The van der Waals surface area contributed by atoms with E-state index < -0.39 is 24.6 Å². The number of hydrogen-bond acceptors (Lipinski definition) is 2. The van der Waals surface area contributed by atoms with Gasteiger partial charge < -0.3 is 10.1 Å². The van der Waals surface area contributed by atoms with E-state index in [9.17, 15) is 26.3 Å². The monoisotopic (exact) mass is 293 g/mol.